The summed E-state index contributed by atoms with van der Waals surface area (Å²) >= 11 is 0. The standard InChI is InChI=1S/C9H20N2O/c1-4-8(5-10)9(12)11-6-7(2)3/h7-8H,4-6,10H2,1-3H3,(H,11,12). The van der Waals surface area contributed by atoms with Crippen LogP contribution >= 0.6 is 0 Å². The van der Waals surface area contributed by atoms with Crippen LogP contribution in [0.4, 0.5) is 0 Å². The lowest BCUT2D eigenvalue weighted by Gasteiger charge is -2.13. The van der Waals surface area contributed by atoms with Gasteiger partial charge in [-0.25, -0.2) is 0 Å². The lowest BCUT2D eigenvalue weighted by atomic mass is 10.1. The van der Waals surface area contributed by atoms with Crippen LogP contribution in [0.25, 0.3) is 0 Å². The molecule has 3 nitrogen and oxygen atoms in total. The first-order valence-electron chi connectivity index (χ1n) is 4.59. The number of hydrogen-bond acceptors (Lipinski definition) is 2. The molecule has 0 aromatic rings. The second-order valence-corrected chi connectivity index (χ2v) is 3.48. The van der Waals surface area contributed by atoms with E-state index in [1.165, 1.54) is 0 Å². The van der Waals surface area contributed by atoms with E-state index >= 15 is 0 Å². The van der Waals surface area contributed by atoms with E-state index in [-0.39, 0.29) is 11.8 Å². The second kappa shape index (κ2) is 6.00. The molecule has 12 heavy (non-hydrogen) atoms. The summed E-state index contributed by atoms with van der Waals surface area (Å²) < 4.78 is 0. The molecule has 0 aliphatic rings. The van der Waals surface area contributed by atoms with Crippen LogP contribution in [0.1, 0.15) is 27.2 Å². The van der Waals surface area contributed by atoms with Crippen molar-refractivity contribution in [1.29, 1.82) is 0 Å². The number of rotatable bonds is 5. The Hall–Kier alpha value is -0.570. The number of nitrogens with two attached hydrogens (primary N) is 1. The number of amides is 1. The SMILES string of the molecule is CCC(CN)C(=O)NCC(C)C. The smallest absolute Gasteiger partial charge is 0.224 e. The van der Waals surface area contributed by atoms with Gasteiger partial charge >= 0.3 is 0 Å². The van der Waals surface area contributed by atoms with E-state index < -0.39 is 0 Å². The molecule has 1 amide bonds. The fraction of sp³-hybridized carbons (Fsp3) is 0.889. The topological polar surface area (TPSA) is 55.1 Å². The molecule has 0 spiro atoms. The van der Waals surface area contributed by atoms with E-state index in [4.69, 9.17) is 5.73 Å². The van der Waals surface area contributed by atoms with Crippen molar-refractivity contribution in [2.75, 3.05) is 13.1 Å². The summed E-state index contributed by atoms with van der Waals surface area (Å²) in [6.07, 6.45) is 0.820. The highest BCUT2D eigenvalue weighted by molar-refractivity contribution is 5.78. The van der Waals surface area contributed by atoms with E-state index in [1.54, 1.807) is 0 Å². The molecule has 0 aromatic heterocycles. The maximum Gasteiger partial charge on any atom is 0.224 e. The fourth-order valence-electron chi connectivity index (χ4n) is 0.908. The minimum absolute atomic E-state index is 0.0104. The highest BCUT2D eigenvalue weighted by Gasteiger charge is 2.13. The Balaban J connectivity index is 3.69. The van der Waals surface area contributed by atoms with Gasteiger partial charge in [-0.05, 0) is 12.3 Å². The van der Waals surface area contributed by atoms with Crippen LogP contribution in [0.2, 0.25) is 0 Å². The molecule has 1 unspecified atom stereocenters. The van der Waals surface area contributed by atoms with Crippen LogP contribution in [0.5, 0.6) is 0 Å². The fourth-order valence-corrected chi connectivity index (χ4v) is 0.908. The Bertz CT molecular complexity index is 130. The second-order valence-electron chi connectivity index (χ2n) is 3.48. The first-order chi connectivity index (χ1) is 5.61. The van der Waals surface area contributed by atoms with E-state index in [0.717, 1.165) is 13.0 Å². The zero-order chi connectivity index (χ0) is 9.56. The number of hydrogen-bond donors (Lipinski definition) is 2. The molecule has 3 N–H and O–H groups in total. The average molecular weight is 172 g/mol. The summed E-state index contributed by atoms with van der Waals surface area (Å²) in [5, 5.41) is 2.87. The molecule has 0 radical (unpaired) electrons. The molecular weight excluding hydrogens is 152 g/mol. The summed E-state index contributed by atoms with van der Waals surface area (Å²) in [5.41, 5.74) is 5.43. The minimum Gasteiger partial charge on any atom is -0.356 e. The predicted octanol–water partition coefficient (Wildman–Crippen LogP) is 0.743. The molecule has 0 rings (SSSR count). The molecule has 0 bridgehead atoms. The Morgan fingerprint density at radius 2 is 2.08 bits per heavy atom. The summed E-state index contributed by atoms with van der Waals surface area (Å²) in [5.74, 6) is 0.585. The van der Waals surface area contributed by atoms with Gasteiger partial charge in [-0.1, -0.05) is 20.8 Å². The van der Waals surface area contributed by atoms with Crippen molar-refractivity contribution in [3.63, 3.8) is 0 Å². The number of carbonyl (C=O) groups excluding carboxylic acids is 1. The molecule has 3 heteroatoms. The molecule has 0 heterocycles. The van der Waals surface area contributed by atoms with Gasteiger partial charge in [0, 0.05) is 19.0 Å². The summed E-state index contributed by atoms with van der Waals surface area (Å²) in [6, 6.07) is 0. The first kappa shape index (κ1) is 11.4. The van der Waals surface area contributed by atoms with Crippen LogP contribution < -0.4 is 11.1 Å². The highest BCUT2D eigenvalue weighted by atomic mass is 16.1. The Morgan fingerprint density at radius 1 is 1.50 bits per heavy atom. The Labute approximate surface area is 74.7 Å². The Kier molecular flexibility index (Phi) is 5.72. The third kappa shape index (κ3) is 4.34. The van der Waals surface area contributed by atoms with Crippen molar-refractivity contribution in [2.45, 2.75) is 27.2 Å². The van der Waals surface area contributed by atoms with E-state index in [0.29, 0.717) is 12.5 Å². The molecular formula is C9H20N2O. The number of carbonyl (C=O) groups is 1. The van der Waals surface area contributed by atoms with Crippen LogP contribution in [0.15, 0.2) is 0 Å². The molecule has 0 fully saturated rings. The summed E-state index contributed by atoms with van der Waals surface area (Å²) in [7, 11) is 0. The maximum absolute atomic E-state index is 11.3. The van der Waals surface area contributed by atoms with Crippen molar-refractivity contribution in [2.24, 2.45) is 17.6 Å². The van der Waals surface area contributed by atoms with Crippen molar-refractivity contribution in [1.82, 2.24) is 5.32 Å². The van der Waals surface area contributed by atoms with Crippen molar-refractivity contribution < 1.29 is 4.79 Å². The lowest BCUT2D eigenvalue weighted by molar-refractivity contribution is -0.124. The maximum atomic E-state index is 11.3. The van der Waals surface area contributed by atoms with Crippen molar-refractivity contribution in [3.05, 3.63) is 0 Å². The first-order valence-corrected chi connectivity index (χ1v) is 4.59. The third-order valence-corrected chi connectivity index (χ3v) is 1.83. The molecule has 0 aromatic carbocycles. The molecule has 0 aliphatic heterocycles. The van der Waals surface area contributed by atoms with Crippen molar-refractivity contribution in [3.8, 4) is 0 Å². The predicted molar refractivity (Wildman–Crippen MR) is 50.7 cm³/mol. The van der Waals surface area contributed by atoms with Crippen LogP contribution in [0.3, 0.4) is 0 Å². The summed E-state index contributed by atoms with van der Waals surface area (Å²) in [6.45, 7) is 7.32. The number of nitrogens with one attached hydrogen (secondary N) is 1. The van der Waals surface area contributed by atoms with Crippen LogP contribution in [0, 0.1) is 11.8 Å². The quantitative estimate of drug-likeness (QED) is 0.642. The van der Waals surface area contributed by atoms with Crippen LogP contribution in [-0.4, -0.2) is 19.0 Å². The van der Waals surface area contributed by atoms with E-state index in [1.807, 2.05) is 6.92 Å². The van der Waals surface area contributed by atoms with Gasteiger partial charge < -0.3 is 11.1 Å². The van der Waals surface area contributed by atoms with Gasteiger partial charge in [-0.3, -0.25) is 4.79 Å². The van der Waals surface area contributed by atoms with Crippen LogP contribution in [-0.2, 0) is 4.79 Å². The lowest BCUT2D eigenvalue weighted by Crippen LogP contribution is -2.36. The molecule has 1 atom stereocenters. The highest BCUT2D eigenvalue weighted by Crippen LogP contribution is 1.99. The largest absolute Gasteiger partial charge is 0.356 e. The Morgan fingerprint density at radius 3 is 2.42 bits per heavy atom. The zero-order valence-electron chi connectivity index (χ0n) is 8.26. The van der Waals surface area contributed by atoms with Gasteiger partial charge in [0.25, 0.3) is 0 Å². The van der Waals surface area contributed by atoms with Crippen molar-refractivity contribution >= 4 is 5.91 Å². The van der Waals surface area contributed by atoms with E-state index in [2.05, 4.69) is 19.2 Å². The van der Waals surface area contributed by atoms with Gasteiger partial charge in [0.1, 0.15) is 0 Å². The molecule has 0 saturated carbocycles. The van der Waals surface area contributed by atoms with Gasteiger partial charge in [0.05, 0.1) is 0 Å². The van der Waals surface area contributed by atoms with Gasteiger partial charge in [-0.15, -0.1) is 0 Å². The monoisotopic (exact) mass is 172 g/mol. The van der Waals surface area contributed by atoms with E-state index in [9.17, 15) is 4.79 Å². The zero-order valence-corrected chi connectivity index (χ0v) is 8.26. The van der Waals surface area contributed by atoms with Gasteiger partial charge in [0.15, 0.2) is 0 Å². The van der Waals surface area contributed by atoms with Gasteiger partial charge in [0.2, 0.25) is 5.91 Å². The third-order valence-electron chi connectivity index (χ3n) is 1.83. The average Bonchev–Trinajstić information content (AvgIpc) is 2.03. The van der Waals surface area contributed by atoms with Gasteiger partial charge in [-0.2, -0.15) is 0 Å². The molecule has 0 aliphatic carbocycles. The molecule has 0 saturated heterocycles. The molecule has 72 valence electrons. The minimum atomic E-state index is -0.0104. The normalized spacial score (nSPS) is 13.1. The summed E-state index contributed by atoms with van der Waals surface area (Å²) in [4.78, 5) is 11.3.